The van der Waals surface area contributed by atoms with Crippen molar-refractivity contribution in [3.05, 3.63) is 72.9 Å². The van der Waals surface area contributed by atoms with Crippen LogP contribution in [-0.4, -0.2) is 14.6 Å². The van der Waals surface area contributed by atoms with Crippen LogP contribution in [0.2, 0.25) is 0 Å². The second-order valence-corrected chi connectivity index (χ2v) is 5.39. The number of ether oxygens (including phenoxy) is 1. The number of nitrogens with two attached hydrogens (primary N) is 1. The highest BCUT2D eigenvalue weighted by Gasteiger charge is 2.11. The van der Waals surface area contributed by atoms with Gasteiger partial charge in [0.2, 0.25) is 0 Å². The van der Waals surface area contributed by atoms with Crippen molar-refractivity contribution in [1.29, 1.82) is 0 Å². The molecule has 0 atom stereocenters. The molecule has 25 heavy (non-hydrogen) atoms. The minimum atomic E-state index is -0.527. The summed E-state index contributed by atoms with van der Waals surface area (Å²) in [6, 6.07) is 13.4. The maximum absolute atomic E-state index is 14.1. The van der Waals surface area contributed by atoms with Crippen LogP contribution in [-0.2, 0) is 0 Å². The first-order valence-corrected chi connectivity index (χ1v) is 7.57. The SMILES string of the molecule is Nc1ccc(Oc2cc(Nc3ccccn3)cn3nccc23)c(F)c1. The molecule has 0 radical (unpaired) electrons. The third-order valence-corrected chi connectivity index (χ3v) is 3.58. The van der Waals surface area contributed by atoms with Crippen LogP contribution in [0.15, 0.2) is 67.1 Å². The number of nitrogens with zero attached hydrogens (tertiary/aromatic N) is 3. The summed E-state index contributed by atoms with van der Waals surface area (Å²) in [5.74, 6) is 0.703. The molecule has 1 aromatic carbocycles. The summed E-state index contributed by atoms with van der Waals surface area (Å²) in [6.45, 7) is 0. The largest absolute Gasteiger partial charge is 0.452 e. The summed E-state index contributed by atoms with van der Waals surface area (Å²) in [5.41, 5.74) is 7.34. The monoisotopic (exact) mass is 335 g/mol. The zero-order valence-electron chi connectivity index (χ0n) is 13.1. The van der Waals surface area contributed by atoms with Crippen LogP contribution < -0.4 is 15.8 Å². The van der Waals surface area contributed by atoms with Gasteiger partial charge in [0.1, 0.15) is 11.3 Å². The van der Waals surface area contributed by atoms with E-state index in [0.717, 1.165) is 0 Å². The van der Waals surface area contributed by atoms with Crippen molar-refractivity contribution in [3.8, 4) is 11.5 Å². The lowest BCUT2D eigenvalue weighted by atomic mass is 10.3. The van der Waals surface area contributed by atoms with Gasteiger partial charge in [-0.15, -0.1) is 0 Å². The van der Waals surface area contributed by atoms with Gasteiger partial charge in [0.15, 0.2) is 17.3 Å². The van der Waals surface area contributed by atoms with Crippen molar-refractivity contribution in [2.75, 3.05) is 11.1 Å². The highest BCUT2D eigenvalue weighted by molar-refractivity contribution is 5.68. The molecule has 0 bridgehead atoms. The van der Waals surface area contributed by atoms with Crippen molar-refractivity contribution in [2.45, 2.75) is 0 Å². The number of aromatic nitrogens is 3. The molecule has 0 aliphatic carbocycles. The van der Waals surface area contributed by atoms with E-state index >= 15 is 0 Å². The van der Waals surface area contributed by atoms with E-state index in [-0.39, 0.29) is 5.75 Å². The second kappa shape index (κ2) is 6.12. The molecule has 3 N–H and O–H groups in total. The number of fused-ring (bicyclic) bond motifs is 1. The molecule has 0 saturated heterocycles. The minimum Gasteiger partial charge on any atom is -0.452 e. The van der Waals surface area contributed by atoms with Crippen LogP contribution in [0.25, 0.3) is 5.52 Å². The Labute approximate surface area is 142 Å². The predicted molar refractivity (Wildman–Crippen MR) is 93.6 cm³/mol. The number of hydrogen-bond donors (Lipinski definition) is 2. The number of nitrogen functional groups attached to an aromatic ring is 1. The summed E-state index contributed by atoms with van der Waals surface area (Å²) in [6.07, 6.45) is 5.14. The number of benzene rings is 1. The minimum absolute atomic E-state index is 0.0901. The van der Waals surface area contributed by atoms with Crippen molar-refractivity contribution in [1.82, 2.24) is 14.6 Å². The topological polar surface area (TPSA) is 77.5 Å². The van der Waals surface area contributed by atoms with Crippen LogP contribution in [0.5, 0.6) is 11.5 Å². The molecule has 0 spiro atoms. The standard InChI is InChI=1S/C18H14FN5O/c19-14-9-12(20)4-5-16(14)25-17-10-13(11-24-15(17)6-8-22-24)23-18-3-1-2-7-21-18/h1-11H,20H2,(H,21,23). The highest BCUT2D eigenvalue weighted by Crippen LogP contribution is 2.32. The lowest BCUT2D eigenvalue weighted by Gasteiger charge is -2.12. The molecule has 4 rings (SSSR count). The molecule has 0 aliphatic heterocycles. The predicted octanol–water partition coefficient (Wildman–Crippen LogP) is 3.99. The van der Waals surface area contributed by atoms with Crippen molar-refractivity contribution in [2.24, 2.45) is 0 Å². The molecule has 4 aromatic rings. The van der Waals surface area contributed by atoms with Gasteiger partial charge in [-0.25, -0.2) is 13.9 Å². The van der Waals surface area contributed by atoms with Crippen molar-refractivity contribution in [3.63, 3.8) is 0 Å². The summed E-state index contributed by atoms with van der Waals surface area (Å²) < 4.78 is 21.5. The first-order valence-electron chi connectivity index (χ1n) is 7.57. The second-order valence-electron chi connectivity index (χ2n) is 5.39. The molecular formula is C18H14FN5O. The van der Waals surface area contributed by atoms with Crippen LogP contribution in [0.1, 0.15) is 0 Å². The first kappa shape index (κ1) is 14.9. The van der Waals surface area contributed by atoms with Crippen molar-refractivity contribution >= 4 is 22.7 Å². The van der Waals surface area contributed by atoms with Crippen LogP contribution >= 0.6 is 0 Å². The van der Waals surface area contributed by atoms with E-state index in [1.165, 1.54) is 12.1 Å². The number of nitrogens with one attached hydrogen (secondary N) is 1. The molecule has 0 fully saturated rings. The van der Waals surface area contributed by atoms with Gasteiger partial charge < -0.3 is 15.8 Å². The smallest absolute Gasteiger partial charge is 0.167 e. The van der Waals surface area contributed by atoms with Gasteiger partial charge in [-0.05, 0) is 30.3 Å². The van der Waals surface area contributed by atoms with Gasteiger partial charge in [0.25, 0.3) is 0 Å². The van der Waals surface area contributed by atoms with E-state index in [4.69, 9.17) is 10.5 Å². The maximum Gasteiger partial charge on any atom is 0.167 e. The lowest BCUT2D eigenvalue weighted by Crippen LogP contribution is -1.99. The summed E-state index contributed by atoms with van der Waals surface area (Å²) in [7, 11) is 0. The third kappa shape index (κ3) is 3.07. The Hall–Kier alpha value is -3.61. The van der Waals surface area contributed by atoms with Crippen LogP contribution in [0, 0.1) is 5.82 Å². The zero-order valence-corrected chi connectivity index (χ0v) is 13.1. The summed E-state index contributed by atoms with van der Waals surface area (Å²) >= 11 is 0. The molecule has 124 valence electrons. The lowest BCUT2D eigenvalue weighted by molar-refractivity contribution is 0.445. The van der Waals surface area contributed by atoms with Crippen LogP contribution in [0.4, 0.5) is 21.6 Å². The Balaban J connectivity index is 1.73. The van der Waals surface area contributed by atoms with Gasteiger partial charge in [0, 0.05) is 24.0 Å². The fraction of sp³-hybridized carbons (Fsp3) is 0. The van der Waals surface area contributed by atoms with E-state index in [2.05, 4.69) is 15.4 Å². The van der Waals surface area contributed by atoms with E-state index in [1.807, 2.05) is 18.2 Å². The number of pyridine rings is 2. The van der Waals surface area contributed by atoms with Gasteiger partial charge in [-0.3, -0.25) is 0 Å². The Bertz CT molecular complexity index is 1030. The van der Waals surface area contributed by atoms with Gasteiger partial charge in [-0.2, -0.15) is 5.10 Å². The molecule has 0 amide bonds. The Morgan fingerprint density at radius 1 is 1.04 bits per heavy atom. The van der Waals surface area contributed by atoms with Crippen molar-refractivity contribution < 1.29 is 9.13 Å². The Morgan fingerprint density at radius 3 is 2.76 bits per heavy atom. The van der Waals surface area contributed by atoms with Gasteiger partial charge in [0.05, 0.1) is 18.1 Å². The fourth-order valence-electron chi connectivity index (χ4n) is 2.45. The average molecular weight is 335 g/mol. The van der Waals surface area contributed by atoms with E-state index in [0.29, 0.717) is 28.5 Å². The summed E-state index contributed by atoms with van der Waals surface area (Å²) in [4.78, 5) is 4.22. The zero-order chi connectivity index (χ0) is 17.2. The number of rotatable bonds is 4. The maximum atomic E-state index is 14.1. The first-order chi connectivity index (χ1) is 12.2. The molecule has 0 aliphatic rings. The van der Waals surface area contributed by atoms with Crippen LogP contribution in [0.3, 0.4) is 0 Å². The fourth-order valence-corrected chi connectivity index (χ4v) is 2.45. The summed E-state index contributed by atoms with van der Waals surface area (Å²) in [5, 5.41) is 7.39. The molecule has 0 unspecified atom stereocenters. The molecule has 0 saturated carbocycles. The average Bonchev–Trinajstić information content (AvgIpc) is 3.07. The van der Waals surface area contributed by atoms with Gasteiger partial charge >= 0.3 is 0 Å². The van der Waals surface area contributed by atoms with E-state index in [1.54, 1.807) is 41.3 Å². The van der Waals surface area contributed by atoms with E-state index in [9.17, 15) is 4.39 Å². The Kier molecular flexibility index (Phi) is 3.66. The third-order valence-electron chi connectivity index (χ3n) is 3.58. The van der Waals surface area contributed by atoms with E-state index < -0.39 is 5.82 Å². The molecular weight excluding hydrogens is 321 g/mol. The highest BCUT2D eigenvalue weighted by atomic mass is 19.1. The number of halogens is 1. The molecule has 7 heteroatoms. The Morgan fingerprint density at radius 2 is 1.96 bits per heavy atom. The molecule has 6 nitrogen and oxygen atoms in total. The van der Waals surface area contributed by atoms with Gasteiger partial charge in [-0.1, -0.05) is 6.07 Å². The molecule has 3 aromatic heterocycles. The molecule has 3 heterocycles. The quantitative estimate of drug-likeness (QED) is 0.552. The number of anilines is 3. The normalized spacial score (nSPS) is 10.8. The number of hydrogen-bond acceptors (Lipinski definition) is 5.